The molecule has 2 rings (SSSR count). The molecular formula is C13H16FN3O3. The van der Waals surface area contributed by atoms with Gasteiger partial charge in [-0.25, -0.2) is 9.18 Å². The van der Waals surface area contributed by atoms with Crippen molar-refractivity contribution in [2.75, 3.05) is 10.6 Å². The van der Waals surface area contributed by atoms with E-state index < -0.39 is 23.9 Å². The maximum Gasteiger partial charge on any atom is 0.405 e. The number of amides is 2. The molecule has 1 aliphatic rings. The molecule has 6 nitrogen and oxygen atoms in total. The zero-order valence-electron chi connectivity index (χ0n) is 10.9. The Morgan fingerprint density at radius 3 is 2.70 bits per heavy atom. The number of benzene rings is 1. The van der Waals surface area contributed by atoms with Gasteiger partial charge in [-0.2, -0.15) is 0 Å². The summed E-state index contributed by atoms with van der Waals surface area (Å²) < 4.78 is 13.8. The van der Waals surface area contributed by atoms with Gasteiger partial charge in [-0.15, -0.1) is 0 Å². The molecule has 1 aromatic rings. The first-order chi connectivity index (χ1) is 9.47. The van der Waals surface area contributed by atoms with E-state index in [9.17, 15) is 14.0 Å². The van der Waals surface area contributed by atoms with Crippen LogP contribution in [-0.2, 0) is 4.79 Å². The van der Waals surface area contributed by atoms with Gasteiger partial charge in [0.1, 0.15) is 11.9 Å². The molecule has 20 heavy (non-hydrogen) atoms. The van der Waals surface area contributed by atoms with Gasteiger partial charge in [0.15, 0.2) is 0 Å². The molecule has 7 heteroatoms. The van der Waals surface area contributed by atoms with Gasteiger partial charge in [-0.1, -0.05) is 6.07 Å². The normalized spacial score (nSPS) is 15.3. The Kier molecular flexibility index (Phi) is 4.07. The fourth-order valence-corrected chi connectivity index (χ4v) is 1.70. The smallest absolute Gasteiger partial charge is 0.405 e. The van der Waals surface area contributed by atoms with E-state index in [1.165, 1.54) is 19.1 Å². The summed E-state index contributed by atoms with van der Waals surface area (Å²) in [6.07, 6.45) is 0.653. The van der Waals surface area contributed by atoms with Crippen molar-refractivity contribution in [3.63, 3.8) is 0 Å². The summed E-state index contributed by atoms with van der Waals surface area (Å²) in [6.45, 7) is 1.41. The van der Waals surface area contributed by atoms with Gasteiger partial charge < -0.3 is 21.1 Å². The Balaban J connectivity index is 2.09. The van der Waals surface area contributed by atoms with E-state index in [1.54, 1.807) is 6.07 Å². The molecular weight excluding hydrogens is 265 g/mol. The molecule has 1 fully saturated rings. The number of carbonyl (C=O) groups excluding carboxylic acids is 1. The summed E-state index contributed by atoms with van der Waals surface area (Å²) in [5.41, 5.74) is 0.548. The van der Waals surface area contributed by atoms with Gasteiger partial charge in [0.05, 0.1) is 11.4 Å². The third kappa shape index (κ3) is 3.59. The molecule has 0 saturated heterocycles. The van der Waals surface area contributed by atoms with Crippen molar-refractivity contribution >= 4 is 23.4 Å². The summed E-state index contributed by atoms with van der Waals surface area (Å²) >= 11 is 0. The minimum Gasteiger partial charge on any atom is -0.465 e. The minimum atomic E-state index is -1.29. The van der Waals surface area contributed by atoms with Crippen LogP contribution in [0.2, 0.25) is 0 Å². The third-order valence-electron chi connectivity index (χ3n) is 2.93. The summed E-state index contributed by atoms with van der Waals surface area (Å²) in [5, 5.41) is 16.1. The average Bonchev–Trinajstić information content (AvgIpc) is 3.16. The van der Waals surface area contributed by atoms with Gasteiger partial charge in [0.25, 0.3) is 0 Å². The van der Waals surface area contributed by atoms with Gasteiger partial charge in [-0.05, 0) is 31.9 Å². The summed E-state index contributed by atoms with van der Waals surface area (Å²) in [4.78, 5) is 22.3. The van der Waals surface area contributed by atoms with Crippen molar-refractivity contribution in [2.45, 2.75) is 31.8 Å². The largest absolute Gasteiger partial charge is 0.465 e. The second-order valence-corrected chi connectivity index (χ2v) is 4.74. The lowest BCUT2D eigenvalue weighted by molar-refractivity contribution is -0.117. The van der Waals surface area contributed by atoms with Crippen LogP contribution in [0.15, 0.2) is 18.2 Å². The van der Waals surface area contributed by atoms with Crippen molar-refractivity contribution in [1.29, 1.82) is 0 Å². The Labute approximate surface area is 115 Å². The number of hydrogen-bond donors (Lipinski definition) is 4. The Morgan fingerprint density at radius 2 is 2.10 bits per heavy atom. The summed E-state index contributed by atoms with van der Waals surface area (Å²) in [7, 11) is 0. The molecule has 1 atom stereocenters. The standard InChI is InChI=1S/C13H16FN3O3/c1-7(15-13(19)20)12(18)17-10-4-2-3-9(14)11(10)16-8-5-6-8/h2-4,7-8,15-16H,5-6H2,1H3,(H,17,18)(H,19,20). The van der Waals surface area contributed by atoms with Crippen molar-refractivity contribution in [1.82, 2.24) is 5.32 Å². The molecule has 0 bridgehead atoms. The fourth-order valence-electron chi connectivity index (χ4n) is 1.70. The van der Waals surface area contributed by atoms with Crippen molar-refractivity contribution < 1.29 is 19.1 Å². The molecule has 0 aliphatic heterocycles. The van der Waals surface area contributed by atoms with E-state index in [-0.39, 0.29) is 11.7 Å². The number of carbonyl (C=O) groups is 2. The Hall–Kier alpha value is -2.31. The molecule has 0 heterocycles. The van der Waals surface area contributed by atoms with E-state index >= 15 is 0 Å². The van der Waals surface area contributed by atoms with E-state index in [0.717, 1.165) is 12.8 Å². The predicted molar refractivity (Wildman–Crippen MR) is 72.3 cm³/mol. The van der Waals surface area contributed by atoms with E-state index in [1.807, 2.05) is 5.32 Å². The van der Waals surface area contributed by atoms with Gasteiger partial charge in [0.2, 0.25) is 5.91 Å². The average molecular weight is 281 g/mol. The van der Waals surface area contributed by atoms with Gasteiger partial charge >= 0.3 is 6.09 Å². The zero-order chi connectivity index (χ0) is 14.7. The lowest BCUT2D eigenvalue weighted by Gasteiger charge is -2.16. The van der Waals surface area contributed by atoms with Crippen LogP contribution >= 0.6 is 0 Å². The van der Waals surface area contributed by atoms with Crippen LogP contribution < -0.4 is 16.0 Å². The highest BCUT2D eigenvalue weighted by atomic mass is 19.1. The highest BCUT2D eigenvalue weighted by molar-refractivity contribution is 5.98. The molecule has 4 N–H and O–H groups in total. The molecule has 0 spiro atoms. The Morgan fingerprint density at radius 1 is 1.40 bits per heavy atom. The van der Waals surface area contributed by atoms with Crippen LogP contribution in [0.4, 0.5) is 20.6 Å². The fraction of sp³-hybridized carbons (Fsp3) is 0.385. The molecule has 1 unspecified atom stereocenters. The molecule has 1 aromatic carbocycles. The second kappa shape index (κ2) is 5.77. The van der Waals surface area contributed by atoms with Crippen LogP contribution in [0.3, 0.4) is 0 Å². The van der Waals surface area contributed by atoms with Crippen molar-refractivity contribution in [3.8, 4) is 0 Å². The van der Waals surface area contributed by atoms with Crippen LogP contribution in [-0.4, -0.2) is 29.2 Å². The molecule has 108 valence electrons. The maximum absolute atomic E-state index is 13.8. The number of anilines is 2. The second-order valence-electron chi connectivity index (χ2n) is 4.74. The Bertz CT molecular complexity index is 532. The molecule has 1 aliphatic carbocycles. The zero-order valence-corrected chi connectivity index (χ0v) is 10.9. The minimum absolute atomic E-state index is 0.233. The third-order valence-corrected chi connectivity index (χ3v) is 2.93. The van der Waals surface area contributed by atoms with Crippen LogP contribution in [0, 0.1) is 5.82 Å². The molecule has 2 amide bonds. The van der Waals surface area contributed by atoms with Crippen molar-refractivity contribution in [2.24, 2.45) is 0 Å². The van der Waals surface area contributed by atoms with Gasteiger partial charge in [0, 0.05) is 6.04 Å². The van der Waals surface area contributed by atoms with Crippen LogP contribution in [0.1, 0.15) is 19.8 Å². The maximum atomic E-state index is 13.8. The number of rotatable bonds is 5. The highest BCUT2D eigenvalue weighted by Crippen LogP contribution is 2.31. The quantitative estimate of drug-likeness (QED) is 0.664. The van der Waals surface area contributed by atoms with Crippen molar-refractivity contribution in [3.05, 3.63) is 24.0 Å². The number of nitrogens with one attached hydrogen (secondary N) is 3. The number of para-hydroxylation sites is 1. The van der Waals surface area contributed by atoms with Gasteiger partial charge in [-0.3, -0.25) is 4.79 Å². The monoisotopic (exact) mass is 281 g/mol. The summed E-state index contributed by atoms with van der Waals surface area (Å²) in [5.74, 6) is -0.995. The van der Waals surface area contributed by atoms with E-state index in [4.69, 9.17) is 5.11 Å². The SMILES string of the molecule is CC(NC(=O)O)C(=O)Nc1cccc(F)c1NC1CC1. The predicted octanol–water partition coefficient (Wildman–Crippen LogP) is 1.99. The topological polar surface area (TPSA) is 90.5 Å². The number of hydrogen-bond acceptors (Lipinski definition) is 3. The lowest BCUT2D eigenvalue weighted by Crippen LogP contribution is -2.40. The van der Waals surface area contributed by atoms with E-state index in [2.05, 4.69) is 10.6 Å². The van der Waals surface area contributed by atoms with Crippen LogP contribution in [0.25, 0.3) is 0 Å². The molecule has 1 saturated carbocycles. The highest BCUT2D eigenvalue weighted by Gasteiger charge is 2.24. The van der Waals surface area contributed by atoms with E-state index in [0.29, 0.717) is 5.69 Å². The lowest BCUT2D eigenvalue weighted by atomic mass is 10.2. The first-order valence-corrected chi connectivity index (χ1v) is 6.32. The summed E-state index contributed by atoms with van der Waals surface area (Å²) in [6, 6.07) is 3.67. The first kappa shape index (κ1) is 14.1. The van der Waals surface area contributed by atoms with Crippen LogP contribution in [0.5, 0.6) is 0 Å². The first-order valence-electron chi connectivity index (χ1n) is 6.32. The number of halogens is 1. The molecule has 0 aromatic heterocycles. The molecule has 0 radical (unpaired) electrons. The number of carboxylic acid groups (broad SMARTS) is 1.